The van der Waals surface area contributed by atoms with Crippen LogP contribution in [-0.4, -0.2) is 18.2 Å². The van der Waals surface area contributed by atoms with Gasteiger partial charge in [-0.2, -0.15) is 13.2 Å². The van der Waals surface area contributed by atoms with Gasteiger partial charge in [-0.1, -0.05) is 0 Å². The Morgan fingerprint density at radius 3 is 2.40 bits per heavy atom. The van der Waals surface area contributed by atoms with Gasteiger partial charge in [-0.15, -0.1) is 0 Å². The van der Waals surface area contributed by atoms with E-state index in [1.54, 1.807) is 0 Å². The van der Waals surface area contributed by atoms with E-state index in [9.17, 15) is 13.2 Å². The van der Waals surface area contributed by atoms with Gasteiger partial charge < -0.3 is 9.72 Å². The van der Waals surface area contributed by atoms with E-state index in [4.69, 9.17) is 4.74 Å². The van der Waals surface area contributed by atoms with Crippen molar-refractivity contribution in [1.29, 1.82) is 0 Å². The summed E-state index contributed by atoms with van der Waals surface area (Å²) in [4.78, 5) is 2.44. The van der Waals surface area contributed by atoms with Crippen LogP contribution in [0.4, 0.5) is 13.2 Å². The standard InChI is InChI=1S/C10H12F3NO/c11-10(12,13)9-2-1-8(14-9)7-3-5-15-6-4-7/h1-2,7,14H,3-6H2. The number of halogens is 3. The SMILES string of the molecule is FC(F)(F)c1ccc(C2CCOCC2)[nH]1. The van der Waals surface area contributed by atoms with E-state index < -0.39 is 11.9 Å². The quantitative estimate of drug-likeness (QED) is 0.771. The highest BCUT2D eigenvalue weighted by Gasteiger charge is 2.33. The monoisotopic (exact) mass is 219 g/mol. The van der Waals surface area contributed by atoms with Crippen molar-refractivity contribution in [3.63, 3.8) is 0 Å². The van der Waals surface area contributed by atoms with E-state index in [0.717, 1.165) is 18.9 Å². The minimum absolute atomic E-state index is 0.176. The summed E-state index contributed by atoms with van der Waals surface area (Å²) in [6.45, 7) is 1.26. The lowest BCUT2D eigenvalue weighted by Crippen LogP contribution is -2.14. The fourth-order valence-electron chi connectivity index (χ4n) is 1.82. The van der Waals surface area contributed by atoms with Crippen LogP contribution >= 0.6 is 0 Å². The zero-order valence-corrected chi connectivity index (χ0v) is 8.10. The second-order valence-corrected chi connectivity index (χ2v) is 3.71. The summed E-state index contributed by atoms with van der Waals surface area (Å²) in [7, 11) is 0. The zero-order valence-electron chi connectivity index (χ0n) is 8.10. The third kappa shape index (κ3) is 2.34. The van der Waals surface area contributed by atoms with Crippen LogP contribution in [0.5, 0.6) is 0 Å². The molecule has 0 spiro atoms. The lowest BCUT2D eigenvalue weighted by atomic mass is 9.97. The highest BCUT2D eigenvalue weighted by atomic mass is 19.4. The molecule has 1 aliphatic heterocycles. The molecule has 0 aliphatic carbocycles. The molecule has 2 nitrogen and oxygen atoms in total. The fourth-order valence-corrected chi connectivity index (χ4v) is 1.82. The van der Waals surface area contributed by atoms with Gasteiger partial charge >= 0.3 is 6.18 Å². The van der Waals surface area contributed by atoms with Crippen LogP contribution in [0.3, 0.4) is 0 Å². The molecule has 0 aromatic carbocycles. The first-order valence-electron chi connectivity index (χ1n) is 4.91. The second-order valence-electron chi connectivity index (χ2n) is 3.71. The molecule has 0 atom stereocenters. The second kappa shape index (κ2) is 3.89. The maximum absolute atomic E-state index is 12.3. The normalized spacial score (nSPS) is 19.4. The van der Waals surface area contributed by atoms with Gasteiger partial charge in [0, 0.05) is 24.8 Å². The number of hydrogen-bond acceptors (Lipinski definition) is 1. The fraction of sp³-hybridized carbons (Fsp3) is 0.600. The largest absolute Gasteiger partial charge is 0.431 e. The summed E-state index contributed by atoms with van der Waals surface area (Å²) in [6, 6.07) is 2.63. The lowest BCUT2D eigenvalue weighted by molar-refractivity contribution is -0.140. The molecule has 1 aromatic rings. The Labute approximate surface area is 85.4 Å². The van der Waals surface area contributed by atoms with Gasteiger partial charge in [0.2, 0.25) is 0 Å². The summed E-state index contributed by atoms with van der Waals surface area (Å²) in [5, 5.41) is 0. The van der Waals surface area contributed by atoms with Gasteiger partial charge in [0.15, 0.2) is 0 Å². The van der Waals surface area contributed by atoms with E-state index in [1.165, 1.54) is 6.07 Å². The number of ether oxygens (including phenoxy) is 1. The Morgan fingerprint density at radius 2 is 1.87 bits per heavy atom. The minimum atomic E-state index is -4.27. The first-order valence-corrected chi connectivity index (χ1v) is 4.91. The van der Waals surface area contributed by atoms with Crippen molar-refractivity contribution in [3.8, 4) is 0 Å². The molecule has 2 rings (SSSR count). The van der Waals surface area contributed by atoms with Crippen molar-refractivity contribution in [2.75, 3.05) is 13.2 Å². The Morgan fingerprint density at radius 1 is 1.20 bits per heavy atom. The molecular weight excluding hydrogens is 207 g/mol. The smallest absolute Gasteiger partial charge is 0.381 e. The molecule has 15 heavy (non-hydrogen) atoms. The molecule has 0 saturated carbocycles. The number of hydrogen-bond donors (Lipinski definition) is 1. The van der Waals surface area contributed by atoms with Crippen molar-refractivity contribution in [1.82, 2.24) is 4.98 Å². The summed E-state index contributed by atoms with van der Waals surface area (Å²) >= 11 is 0. The van der Waals surface area contributed by atoms with Crippen LogP contribution in [0.1, 0.15) is 30.1 Å². The predicted octanol–water partition coefficient (Wildman–Crippen LogP) is 2.93. The molecule has 2 heterocycles. The molecule has 5 heteroatoms. The summed E-state index contributed by atoms with van der Waals surface area (Å²) in [6.07, 6.45) is -2.70. The van der Waals surface area contributed by atoms with E-state index in [-0.39, 0.29) is 5.92 Å². The molecule has 1 aromatic heterocycles. The highest BCUT2D eigenvalue weighted by molar-refractivity contribution is 5.19. The number of alkyl halides is 3. The molecule has 0 unspecified atom stereocenters. The third-order valence-corrected chi connectivity index (χ3v) is 2.68. The number of aromatic amines is 1. The average molecular weight is 219 g/mol. The van der Waals surface area contributed by atoms with Crippen LogP contribution in [0, 0.1) is 0 Å². The Kier molecular flexibility index (Phi) is 2.73. The van der Waals surface area contributed by atoms with Crippen molar-refractivity contribution in [3.05, 3.63) is 23.5 Å². The molecular formula is C10H12F3NO. The third-order valence-electron chi connectivity index (χ3n) is 2.68. The zero-order chi connectivity index (χ0) is 10.9. The van der Waals surface area contributed by atoms with E-state index >= 15 is 0 Å². The van der Waals surface area contributed by atoms with Crippen LogP contribution in [0.25, 0.3) is 0 Å². The maximum atomic E-state index is 12.3. The molecule has 0 radical (unpaired) electrons. The first kappa shape index (κ1) is 10.5. The Bertz CT molecular complexity index is 326. The average Bonchev–Trinajstić information content (AvgIpc) is 2.67. The summed E-state index contributed by atoms with van der Waals surface area (Å²) in [5.41, 5.74) is 0.00890. The lowest BCUT2D eigenvalue weighted by Gasteiger charge is -2.20. The molecule has 0 amide bonds. The molecule has 1 N–H and O–H groups in total. The Hall–Kier alpha value is -0.970. The molecule has 84 valence electrons. The van der Waals surface area contributed by atoms with Gasteiger partial charge in [0.1, 0.15) is 5.69 Å². The van der Waals surface area contributed by atoms with Crippen molar-refractivity contribution in [2.45, 2.75) is 24.9 Å². The molecule has 1 fully saturated rings. The molecule has 1 saturated heterocycles. The van der Waals surface area contributed by atoms with Gasteiger partial charge in [-0.25, -0.2) is 0 Å². The van der Waals surface area contributed by atoms with Crippen LogP contribution in [0.2, 0.25) is 0 Å². The maximum Gasteiger partial charge on any atom is 0.431 e. The topological polar surface area (TPSA) is 25.0 Å². The highest BCUT2D eigenvalue weighted by Crippen LogP contribution is 2.32. The summed E-state index contributed by atoms with van der Waals surface area (Å²) < 4.78 is 42.1. The number of H-pyrrole nitrogens is 1. The molecule has 1 aliphatic rings. The van der Waals surface area contributed by atoms with Gasteiger partial charge in [0.05, 0.1) is 0 Å². The number of nitrogens with one attached hydrogen (secondary N) is 1. The van der Waals surface area contributed by atoms with Crippen LogP contribution < -0.4 is 0 Å². The number of aromatic nitrogens is 1. The van der Waals surface area contributed by atoms with E-state index in [0.29, 0.717) is 18.9 Å². The number of rotatable bonds is 1. The van der Waals surface area contributed by atoms with Gasteiger partial charge in [-0.3, -0.25) is 0 Å². The summed E-state index contributed by atoms with van der Waals surface area (Å²) in [5.74, 6) is 0.176. The predicted molar refractivity (Wildman–Crippen MR) is 48.6 cm³/mol. The van der Waals surface area contributed by atoms with Crippen molar-refractivity contribution < 1.29 is 17.9 Å². The van der Waals surface area contributed by atoms with Crippen LogP contribution in [0.15, 0.2) is 12.1 Å². The van der Waals surface area contributed by atoms with Crippen molar-refractivity contribution in [2.24, 2.45) is 0 Å². The van der Waals surface area contributed by atoms with E-state index in [2.05, 4.69) is 4.98 Å². The van der Waals surface area contributed by atoms with Gasteiger partial charge in [0.25, 0.3) is 0 Å². The minimum Gasteiger partial charge on any atom is -0.381 e. The van der Waals surface area contributed by atoms with Gasteiger partial charge in [-0.05, 0) is 25.0 Å². The van der Waals surface area contributed by atoms with Crippen molar-refractivity contribution >= 4 is 0 Å². The Balaban J connectivity index is 2.12. The first-order chi connectivity index (χ1) is 7.07. The van der Waals surface area contributed by atoms with E-state index in [1.807, 2.05) is 0 Å². The molecule has 0 bridgehead atoms. The van der Waals surface area contributed by atoms with Crippen LogP contribution in [-0.2, 0) is 10.9 Å².